The summed E-state index contributed by atoms with van der Waals surface area (Å²) in [5.41, 5.74) is 3.93. The zero-order chi connectivity index (χ0) is 18.2. The number of anilines is 1. The monoisotopic (exact) mass is 359 g/mol. The molecule has 0 bridgehead atoms. The Morgan fingerprint density at radius 2 is 1.78 bits per heavy atom. The van der Waals surface area contributed by atoms with Gasteiger partial charge < -0.3 is 8.83 Å². The van der Waals surface area contributed by atoms with Crippen LogP contribution in [0.5, 0.6) is 0 Å². The van der Waals surface area contributed by atoms with Crippen LogP contribution in [0.15, 0.2) is 57.4 Å². The number of amides is 1. The van der Waals surface area contributed by atoms with Gasteiger partial charge in [0.15, 0.2) is 5.76 Å². The molecule has 1 amide bonds. The number of fused-ring (bicyclic) bond motifs is 2. The third kappa shape index (κ3) is 2.99. The maximum absolute atomic E-state index is 12.5. The highest BCUT2D eigenvalue weighted by Gasteiger charge is 2.17. The van der Waals surface area contributed by atoms with Gasteiger partial charge in [0.05, 0.1) is 0 Å². The number of benzene rings is 2. The molecule has 6 heteroatoms. The summed E-state index contributed by atoms with van der Waals surface area (Å²) in [5, 5.41) is 11.5. The second-order valence-electron chi connectivity index (χ2n) is 6.71. The molecule has 0 spiro atoms. The topological polar surface area (TPSA) is 81.2 Å². The molecule has 5 rings (SSSR count). The number of para-hydroxylation sites is 1. The standard InChI is InChI=1S/C21H17N3O3/c25-19(16-10-9-13-5-1-2-6-14(13)11-16)22-21-24-23-20(27-21)18-12-15-7-3-4-8-17(15)26-18/h3-4,7-12H,1-2,5-6H2,(H,22,24,25). The lowest BCUT2D eigenvalue weighted by Gasteiger charge is -2.16. The number of furan rings is 1. The first-order chi connectivity index (χ1) is 13.3. The molecule has 0 radical (unpaired) electrons. The average Bonchev–Trinajstić information content (AvgIpc) is 3.34. The van der Waals surface area contributed by atoms with E-state index in [0.29, 0.717) is 11.3 Å². The number of rotatable bonds is 3. The number of aryl methyl sites for hydroxylation is 2. The zero-order valence-electron chi connectivity index (χ0n) is 14.6. The molecule has 1 N–H and O–H groups in total. The number of hydrogen-bond donors (Lipinski definition) is 1. The molecule has 27 heavy (non-hydrogen) atoms. The smallest absolute Gasteiger partial charge is 0.322 e. The van der Waals surface area contributed by atoms with Crippen molar-refractivity contribution in [3.05, 3.63) is 65.2 Å². The van der Waals surface area contributed by atoms with Crippen LogP contribution >= 0.6 is 0 Å². The lowest BCUT2D eigenvalue weighted by atomic mass is 9.90. The van der Waals surface area contributed by atoms with Crippen LogP contribution in [-0.4, -0.2) is 16.1 Å². The summed E-state index contributed by atoms with van der Waals surface area (Å²) in [5.74, 6) is 0.438. The Labute approximate surface area is 155 Å². The molecule has 1 aliphatic carbocycles. The third-order valence-corrected chi connectivity index (χ3v) is 4.89. The number of aromatic nitrogens is 2. The minimum absolute atomic E-state index is 0.0492. The van der Waals surface area contributed by atoms with E-state index in [1.54, 1.807) is 0 Å². The summed E-state index contributed by atoms with van der Waals surface area (Å²) < 4.78 is 11.3. The number of carbonyl (C=O) groups is 1. The van der Waals surface area contributed by atoms with Crippen molar-refractivity contribution in [1.82, 2.24) is 10.2 Å². The van der Waals surface area contributed by atoms with E-state index >= 15 is 0 Å². The third-order valence-electron chi connectivity index (χ3n) is 4.89. The van der Waals surface area contributed by atoms with Gasteiger partial charge in [-0.25, -0.2) is 0 Å². The Bertz CT molecular complexity index is 1110. The number of hydrogen-bond acceptors (Lipinski definition) is 5. The summed E-state index contributed by atoms with van der Waals surface area (Å²) in [6, 6.07) is 15.4. The van der Waals surface area contributed by atoms with Crippen LogP contribution in [0.25, 0.3) is 22.6 Å². The van der Waals surface area contributed by atoms with Gasteiger partial charge in [0, 0.05) is 10.9 Å². The second-order valence-corrected chi connectivity index (χ2v) is 6.71. The summed E-state index contributed by atoms with van der Waals surface area (Å²) in [7, 11) is 0. The Morgan fingerprint density at radius 3 is 2.67 bits per heavy atom. The van der Waals surface area contributed by atoms with Gasteiger partial charge in [0.1, 0.15) is 5.58 Å². The van der Waals surface area contributed by atoms with E-state index < -0.39 is 0 Å². The minimum Gasteiger partial charge on any atom is -0.451 e. The summed E-state index contributed by atoms with van der Waals surface area (Å²) in [6.45, 7) is 0. The fourth-order valence-electron chi connectivity index (χ4n) is 3.50. The maximum atomic E-state index is 12.5. The van der Waals surface area contributed by atoms with Crippen LogP contribution in [0.3, 0.4) is 0 Å². The molecule has 0 fully saturated rings. The Balaban J connectivity index is 1.36. The van der Waals surface area contributed by atoms with Gasteiger partial charge in [0.25, 0.3) is 11.8 Å². The normalized spacial score (nSPS) is 13.5. The lowest BCUT2D eigenvalue weighted by molar-refractivity contribution is 0.102. The van der Waals surface area contributed by atoms with Crippen molar-refractivity contribution < 1.29 is 13.6 Å². The maximum Gasteiger partial charge on any atom is 0.322 e. The molecule has 0 saturated carbocycles. The molecule has 2 heterocycles. The van der Waals surface area contributed by atoms with Crippen LogP contribution in [0.2, 0.25) is 0 Å². The van der Waals surface area contributed by atoms with E-state index in [9.17, 15) is 4.79 Å². The SMILES string of the molecule is O=C(Nc1nnc(-c2cc3ccccc3o2)o1)c1ccc2c(c1)CCCC2. The quantitative estimate of drug-likeness (QED) is 0.577. The lowest BCUT2D eigenvalue weighted by Crippen LogP contribution is -2.13. The van der Waals surface area contributed by atoms with Crippen LogP contribution in [0.1, 0.15) is 34.3 Å². The first-order valence-electron chi connectivity index (χ1n) is 9.02. The molecule has 1 aliphatic rings. The van der Waals surface area contributed by atoms with Gasteiger partial charge in [-0.05, 0) is 61.1 Å². The van der Waals surface area contributed by atoms with Gasteiger partial charge in [0.2, 0.25) is 0 Å². The summed E-state index contributed by atoms with van der Waals surface area (Å²) in [6.07, 6.45) is 4.49. The number of carbonyl (C=O) groups excluding carboxylic acids is 1. The number of nitrogens with zero attached hydrogens (tertiary/aromatic N) is 2. The highest BCUT2D eigenvalue weighted by molar-refractivity contribution is 6.03. The highest BCUT2D eigenvalue weighted by atomic mass is 16.4. The van der Waals surface area contributed by atoms with Crippen LogP contribution < -0.4 is 5.32 Å². The molecule has 0 unspecified atom stereocenters. The van der Waals surface area contributed by atoms with Crippen molar-refractivity contribution in [2.45, 2.75) is 25.7 Å². The molecular formula is C21H17N3O3. The van der Waals surface area contributed by atoms with Crippen LogP contribution in [0.4, 0.5) is 6.01 Å². The molecular weight excluding hydrogens is 342 g/mol. The van der Waals surface area contributed by atoms with Gasteiger partial charge >= 0.3 is 6.01 Å². The Kier molecular flexibility index (Phi) is 3.74. The van der Waals surface area contributed by atoms with Crippen molar-refractivity contribution in [2.75, 3.05) is 5.32 Å². The van der Waals surface area contributed by atoms with Crippen molar-refractivity contribution in [3.8, 4) is 11.7 Å². The van der Waals surface area contributed by atoms with E-state index in [1.807, 2.05) is 48.5 Å². The first-order valence-corrected chi connectivity index (χ1v) is 9.02. The van der Waals surface area contributed by atoms with E-state index in [0.717, 1.165) is 23.8 Å². The van der Waals surface area contributed by atoms with E-state index in [2.05, 4.69) is 15.5 Å². The highest BCUT2D eigenvalue weighted by Crippen LogP contribution is 2.28. The van der Waals surface area contributed by atoms with Gasteiger partial charge in [-0.1, -0.05) is 29.4 Å². The Morgan fingerprint density at radius 1 is 0.926 bits per heavy atom. The summed E-state index contributed by atoms with van der Waals surface area (Å²) in [4.78, 5) is 12.5. The van der Waals surface area contributed by atoms with E-state index in [1.165, 1.54) is 24.0 Å². The van der Waals surface area contributed by atoms with Crippen molar-refractivity contribution in [1.29, 1.82) is 0 Å². The number of nitrogens with one attached hydrogen (secondary N) is 1. The first kappa shape index (κ1) is 15.8. The van der Waals surface area contributed by atoms with Crippen molar-refractivity contribution >= 4 is 22.9 Å². The fourth-order valence-corrected chi connectivity index (χ4v) is 3.50. The second kappa shape index (κ2) is 6.39. The van der Waals surface area contributed by atoms with Gasteiger partial charge in [-0.3, -0.25) is 10.1 Å². The molecule has 6 nitrogen and oxygen atoms in total. The van der Waals surface area contributed by atoms with Crippen molar-refractivity contribution in [2.24, 2.45) is 0 Å². The molecule has 2 aromatic heterocycles. The molecule has 0 saturated heterocycles. The van der Waals surface area contributed by atoms with E-state index in [4.69, 9.17) is 8.83 Å². The summed E-state index contributed by atoms with van der Waals surface area (Å²) >= 11 is 0. The van der Waals surface area contributed by atoms with E-state index in [-0.39, 0.29) is 17.8 Å². The molecule has 134 valence electrons. The van der Waals surface area contributed by atoms with Crippen LogP contribution in [0, 0.1) is 0 Å². The molecule has 0 atom stereocenters. The molecule has 4 aromatic rings. The predicted molar refractivity (Wildman–Crippen MR) is 101 cm³/mol. The molecule has 2 aromatic carbocycles. The average molecular weight is 359 g/mol. The largest absolute Gasteiger partial charge is 0.451 e. The predicted octanol–water partition coefficient (Wildman–Crippen LogP) is 4.61. The van der Waals surface area contributed by atoms with Gasteiger partial charge in [-0.15, -0.1) is 5.10 Å². The molecule has 0 aliphatic heterocycles. The van der Waals surface area contributed by atoms with Gasteiger partial charge in [-0.2, -0.15) is 0 Å². The fraction of sp³-hybridized carbons (Fsp3) is 0.190. The zero-order valence-corrected chi connectivity index (χ0v) is 14.6. The Hall–Kier alpha value is -3.41. The minimum atomic E-state index is -0.261. The van der Waals surface area contributed by atoms with Crippen LogP contribution in [-0.2, 0) is 12.8 Å². The van der Waals surface area contributed by atoms with Crippen molar-refractivity contribution in [3.63, 3.8) is 0 Å².